The van der Waals surface area contributed by atoms with Crippen molar-refractivity contribution < 1.29 is 4.74 Å². The van der Waals surface area contributed by atoms with Crippen LogP contribution in [-0.2, 0) is 4.74 Å². The Labute approximate surface area is 138 Å². The predicted octanol–water partition coefficient (Wildman–Crippen LogP) is 4.46. The zero-order valence-corrected chi connectivity index (χ0v) is 15.1. The molecule has 1 aromatic heterocycles. The minimum Gasteiger partial charge on any atom is -0.374 e. The molecular formula is C15H22BrNOS2. The summed E-state index contributed by atoms with van der Waals surface area (Å²) in [6, 6.07) is 2.76. The summed E-state index contributed by atoms with van der Waals surface area (Å²) in [5, 5.41) is 6.01. The van der Waals surface area contributed by atoms with Crippen LogP contribution >= 0.6 is 39.0 Å². The van der Waals surface area contributed by atoms with Gasteiger partial charge >= 0.3 is 0 Å². The summed E-state index contributed by atoms with van der Waals surface area (Å²) in [6.07, 6.45) is 3.63. The van der Waals surface area contributed by atoms with E-state index in [1.807, 2.05) is 0 Å². The molecule has 1 N–H and O–H groups in total. The first-order valence-corrected chi connectivity index (χ1v) is 10.2. The summed E-state index contributed by atoms with van der Waals surface area (Å²) in [6.45, 7) is 4.16. The molecule has 0 bridgehead atoms. The minimum atomic E-state index is 0.175. The van der Waals surface area contributed by atoms with Crippen LogP contribution in [0.5, 0.6) is 0 Å². The second-order valence-electron chi connectivity index (χ2n) is 5.81. The molecule has 2 saturated heterocycles. The fourth-order valence-electron chi connectivity index (χ4n) is 3.48. The fraction of sp³-hybridized carbons (Fsp3) is 0.733. The van der Waals surface area contributed by atoms with Gasteiger partial charge in [0.05, 0.1) is 9.39 Å². The Hall–Kier alpha value is 0.450. The molecule has 3 atom stereocenters. The normalized spacial score (nSPS) is 31.8. The largest absolute Gasteiger partial charge is 0.374 e. The highest BCUT2D eigenvalue weighted by Gasteiger charge is 2.42. The second-order valence-corrected chi connectivity index (χ2v) is 9.20. The molecule has 2 aliphatic heterocycles. The number of hydrogen-bond donors (Lipinski definition) is 1. The van der Waals surface area contributed by atoms with Crippen LogP contribution in [0.3, 0.4) is 0 Å². The van der Waals surface area contributed by atoms with Crippen LogP contribution in [0.25, 0.3) is 0 Å². The molecule has 0 saturated carbocycles. The maximum absolute atomic E-state index is 6.17. The van der Waals surface area contributed by atoms with Crippen molar-refractivity contribution in [1.29, 1.82) is 0 Å². The van der Waals surface area contributed by atoms with Crippen LogP contribution in [-0.4, -0.2) is 30.3 Å². The fourth-order valence-corrected chi connectivity index (χ4v) is 6.07. The van der Waals surface area contributed by atoms with Crippen LogP contribution in [0.2, 0.25) is 0 Å². The third-order valence-corrected chi connectivity index (χ3v) is 7.19. The van der Waals surface area contributed by atoms with E-state index in [2.05, 4.69) is 51.4 Å². The maximum atomic E-state index is 6.17. The first-order chi connectivity index (χ1) is 9.72. The third kappa shape index (κ3) is 3.27. The molecule has 0 aromatic carbocycles. The zero-order chi connectivity index (χ0) is 14.0. The number of ether oxygens (including phenoxy) is 1. The van der Waals surface area contributed by atoms with Gasteiger partial charge in [0, 0.05) is 18.4 Å². The van der Waals surface area contributed by atoms with E-state index >= 15 is 0 Å². The standard InChI is InChI=1S/C15H22BrNOS2/c1-2-17-14(12-7-13(16)20-9-12)11-3-5-18-15(8-11)4-6-19-10-15/h7,9,11,14,17H,2-6,8,10H2,1H3. The number of rotatable bonds is 4. The summed E-state index contributed by atoms with van der Waals surface area (Å²) < 4.78 is 7.40. The lowest BCUT2D eigenvalue weighted by Gasteiger charge is -2.41. The Bertz CT molecular complexity index is 445. The van der Waals surface area contributed by atoms with E-state index in [0.717, 1.165) is 13.2 Å². The van der Waals surface area contributed by atoms with E-state index in [-0.39, 0.29) is 5.60 Å². The van der Waals surface area contributed by atoms with Gasteiger partial charge in [0.2, 0.25) is 0 Å². The molecule has 0 amide bonds. The van der Waals surface area contributed by atoms with Crippen LogP contribution in [0.4, 0.5) is 0 Å². The van der Waals surface area contributed by atoms with Gasteiger partial charge in [-0.3, -0.25) is 0 Å². The molecule has 2 nitrogen and oxygen atoms in total. The van der Waals surface area contributed by atoms with Gasteiger partial charge in [0.25, 0.3) is 0 Å². The second kappa shape index (κ2) is 6.69. The first-order valence-electron chi connectivity index (χ1n) is 7.41. The van der Waals surface area contributed by atoms with E-state index in [0.29, 0.717) is 12.0 Å². The number of nitrogens with one attached hydrogen (secondary N) is 1. The zero-order valence-electron chi connectivity index (χ0n) is 11.9. The molecule has 3 unspecified atom stereocenters. The first kappa shape index (κ1) is 15.3. The van der Waals surface area contributed by atoms with E-state index in [1.165, 1.54) is 40.1 Å². The van der Waals surface area contributed by atoms with Crippen molar-refractivity contribution in [2.24, 2.45) is 5.92 Å². The summed E-state index contributed by atoms with van der Waals surface area (Å²) >= 11 is 7.44. The average molecular weight is 376 g/mol. The lowest BCUT2D eigenvalue weighted by Crippen LogP contribution is -2.43. The van der Waals surface area contributed by atoms with Crippen molar-refractivity contribution in [1.82, 2.24) is 5.32 Å². The Morgan fingerprint density at radius 1 is 1.60 bits per heavy atom. The SMILES string of the molecule is CCNC(c1csc(Br)c1)C1CCOC2(CCSC2)C1. The van der Waals surface area contributed by atoms with Gasteiger partial charge < -0.3 is 10.1 Å². The Morgan fingerprint density at radius 2 is 2.50 bits per heavy atom. The number of hydrogen-bond acceptors (Lipinski definition) is 4. The maximum Gasteiger partial charge on any atom is 0.0783 e. The summed E-state index contributed by atoms with van der Waals surface area (Å²) in [5.41, 5.74) is 1.62. The summed E-state index contributed by atoms with van der Waals surface area (Å²) in [4.78, 5) is 0. The molecule has 2 fully saturated rings. The molecule has 3 heterocycles. The van der Waals surface area contributed by atoms with Crippen molar-refractivity contribution in [3.05, 3.63) is 20.8 Å². The van der Waals surface area contributed by atoms with Crippen molar-refractivity contribution in [2.45, 2.75) is 37.8 Å². The van der Waals surface area contributed by atoms with Gasteiger partial charge in [-0.05, 0) is 70.4 Å². The lowest BCUT2D eigenvalue weighted by atomic mass is 9.79. The smallest absolute Gasteiger partial charge is 0.0783 e. The molecule has 112 valence electrons. The topological polar surface area (TPSA) is 21.3 Å². The van der Waals surface area contributed by atoms with Crippen molar-refractivity contribution in [3.63, 3.8) is 0 Å². The summed E-state index contributed by atoms with van der Waals surface area (Å²) in [7, 11) is 0. The Kier molecular flexibility index (Phi) is 5.14. The van der Waals surface area contributed by atoms with E-state index < -0.39 is 0 Å². The quantitative estimate of drug-likeness (QED) is 0.838. The number of halogens is 1. The van der Waals surface area contributed by atoms with E-state index in [1.54, 1.807) is 11.3 Å². The monoisotopic (exact) mass is 375 g/mol. The van der Waals surface area contributed by atoms with Gasteiger partial charge in [-0.25, -0.2) is 0 Å². The van der Waals surface area contributed by atoms with E-state index in [9.17, 15) is 0 Å². The highest BCUT2D eigenvalue weighted by Crippen LogP contribution is 2.44. The van der Waals surface area contributed by atoms with Crippen LogP contribution < -0.4 is 5.32 Å². The van der Waals surface area contributed by atoms with Gasteiger partial charge in [-0.15, -0.1) is 11.3 Å². The van der Waals surface area contributed by atoms with Gasteiger partial charge in [-0.1, -0.05) is 6.92 Å². The van der Waals surface area contributed by atoms with Crippen molar-refractivity contribution in [3.8, 4) is 0 Å². The van der Waals surface area contributed by atoms with Crippen molar-refractivity contribution >= 4 is 39.0 Å². The molecule has 0 radical (unpaired) electrons. The number of thioether (sulfide) groups is 1. The van der Waals surface area contributed by atoms with Crippen LogP contribution in [0, 0.1) is 5.92 Å². The minimum absolute atomic E-state index is 0.175. The molecule has 20 heavy (non-hydrogen) atoms. The molecule has 1 spiro atoms. The molecular weight excluding hydrogens is 354 g/mol. The van der Waals surface area contributed by atoms with Crippen LogP contribution in [0.15, 0.2) is 15.2 Å². The van der Waals surface area contributed by atoms with E-state index in [4.69, 9.17) is 4.74 Å². The third-order valence-electron chi connectivity index (χ3n) is 4.44. The van der Waals surface area contributed by atoms with Crippen LogP contribution in [0.1, 0.15) is 37.8 Å². The number of thiophene rings is 1. The molecule has 0 aliphatic carbocycles. The molecule has 2 aliphatic rings. The molecule has 5 heteroatoms. The molecule has 3 rings (SSSR count). The average Bonchev–Trinajstić information content (AvgIpc) is 3.06. The highest BCUT2D eigenvalue weighted by atomic mass is 79.9. The Balaban J connectivity index is 1.76. The predicted molar refractivity (Wildman–Crippen MR) is 91.8 cm³/mol. The van der Waals surface area contributed by atoms with Gasteiger partial charge in [-0.2, -0.15) is 11.8 Å². The molecule has 1 aromatic rings. The Morgan fingerprint density at radius 3 is 3.15 bits per heavy atom. The van der Waals surface area contributed by atoms with Gasteiger partial charge in [0.15, 0.2) is 0 Å². The lowest BCUT2D eigenvalue weighted by molar-refractivity contribution is -0.0853. The highest BCUT2D eigenvalue weighted by molar-refractivity contribution is 9.11. The van der Waals surface area contributed by atoms with Gasteiger partial charge in [0.1, 0.15) is 0 Å². The van der Waals surface area contributed by atoms with Crippen molar-refractivity contribution in [2.75, 3.05) is 24.7 Å². The summed E-state index contributed by atoms with van der Waals surface area (Å²) in [5.74, 6) is 3.15.